The lowest BCUT2D eigenvalue weighted by atomic mass is 9.89. The molecule has 0 spiro atoms. The van der Waals surface area contributed by atoms with Crippen LogP contribution in [-0.2, 0) is 24.2 Å². The zero-order valence-corrected chi connectivity index (χ0v) is 20.0. The number of amides is 1. The van der Waals surface area contributed by atoms with E-state index < -0.39 is 0 Å². The van der Waals surface area contributed by atoms with Gasteiger partial charge >= 0.3 is 0 Å². The third kappa shape index (κ3) is 4.60. The number of benzene rings is 1. The second kappa shape index (κ2) is 9.90. The molecule has 2 heterocycles. The molecule has 32 heavy (non-hydrogen) atoms. The second-order valence-electron chi connectivity index (χ2n) is 7.69. The van der Waals surface area contributed by atoms with Crippen LogP contribution >= 0.6 is 34.7 Å². The molecular weight excluding hydrogens is 462 g/mol. The van der Waals surface area contributed by atoms with Crippen molar-refractivity contribution < 1.29 is 4.79 Å². The summed E-state index contributed by atoms with van der Waals surface area (Å²) in [6.07, 6.45) is 4.70. The number of hydrogen-bond acceptors (Lipinski definition) is 6. The van der Waals surface area contributed by atoms with Crippen LogP contribution in [0.15, 0.2) is 42.1 Å². The Hall–Kier alpha value is -2.60. The van der Waals surface area contributed by atoms with Gasteiger partial charge in [0.1, 0.15) is 11.1 Å². The predicted octanol–water partition coefficient (Wildman–Crippen LogP) is 5.57. The first kappa shape index (κ1) is 22.6. The molecule has 0 radical (unpaired) electrons. The van der Waals surface area contributed by atoms with Gasteiger partial charge in [-0.15, -0.1) is 28.1 Å². The lowest BCUT2D eigenvalue weighted by Crippen LogP contribution is -2.15. The lowest BCUT2D eigenvalue weighted by Gasteiger charge is -2.17. The molecule has 2 aromatic heterocycles. The average molecular weight is 484 g/mol. The van der Waals surface area contributed by atoms with E-state index in [1.54, 1.807) is 12.1 Å². The van der Waals surface area contributed by atoms with Crippen molar-refractivity contribution in [3.8, 4) is 17.5 Å². The molecule has 1 aromatic carbocycles. The van der Waals surface area contributed by atoms with Gasteiger partial charge in [-0.2, -0.15) is 5.26 Å². The van der Waals surface area contributed by atoms with Gasteiger partial charge < -0.3 is 5.32 Å². The van der Waals surface area contributed by atoms with Crippen LogP contribution in [0, 0.1) is 17.2 Å². The molecule has 9 heteroatoms. The molecule has 0 bridgehead atoms. The maximum Gasteiger partial charge on any atom is 0.235 e. The summed E-state index contributed by atoms with van der Waals surface area (Å²) in [5.74, 6) is 1.22. The van der Waals surface area contributed by atoms with Crippen LogP contribution in [0.4, 0.5) is 5.00 Å². The highest BCUT2D eigenvalue weighted by Crippen LogP contribution is 2.39. The van der Waals surface area contributed by atoms with Crippen molar-refractivity contribution >= 4 is 45.6 Å². The third-order valence-electron chi connectivity index (χ3n) is 5.35. The monoisotopic (exact) mass is 483 g/mol. The summed E-state index contributed by atoms with van der Waals surface area (Å²) in [6.45, 7) is 6.53. The van der Waals surface area contributed by atoms with Crippen molar-refractivity contribution in [2.24, 2.45) is 5.92 Å². The molecule has 1 aliphatic rings. The number of nitrogens with one attached hydrogen (secondary N) is 1. The molecule has 0 saturated heterocycles. The summed E-state index contributed by atoms with van der Waals surface area (Å²) in [5.41, 5.74) is 2.50. The highest BCUT2D eigenvalue weighted by atomic mass is 35.5. The predicted molar refractivity (Wildman–Crippen MR) is 130 cm³/mol. The number of rotatable bonds is 7. The lowest BCUT2D eigenvalue weighted by molar-refractivity contribution is -0.113. The molecule has 0 saturated carbocycles. The Morgan fingerprint density at radius 1 is 1.47 bits per heavy atom. The Kier molecular flexibility index (Phi) is 6.99. The number of allylic oxidation sites excluding steroid dienone is 1. The van der Waals surface area contributed by atoms with Gasteiger partial charge in [-0.25, -0.2) is 0 Å². The second-order valence-corrected chi connectivity index (χ2v) is 10.1. The molecule has 1 atom stereocenters. The van der Waals surface area contributed by atoms with Crippen LogP contribution in [0.3, 0.4) is 0 Å². The fraction of sp³-hybridized carbons (Fsp3) is 0.304. The first-order valence-electron chi connectivity index (χ1n) is 10.3. The Balaban J connectivity index is 1.49. The summed E-state index contributed by atoms with van der Waals surface area (Å²) in [4.78, 5) is 13.9. The zero-order chi connectivity index (χ0) is 22.7. The molecule has 3 aromatic rings. The maximum atomic E-state index is 12.7. The molecule has 1 unspecified atom stereocenters. The Labute approximate surface area is 200 Å². The number of hydrogen-bond donors (Lipinski definition) is 1. The fourth-order valence-corrected chi connectivity index (χ4v) is 6.13. The van der Waals surface area contributed by atoms with Crippen molar-refractivity contribution in [2.75, 3.05) is 11.1 Å². The number of fused-ring (bicyclic) bond motifs is 1. The summed E-state index contributed by atoms with van der Waals surface area (Å²) in [7, 11) is 0. The van der Waals surface area contributed by atoms with Crippen LogP contribution in [0.1, 0.15) is 29.3 Å². The Morgan fingerprint density at radius 2 is 2.28 bits per heavy atom. The number of thioether (sulfide) groups is 1. The molecule has 0 aliphatic heterocycles. The number of thiophene rings is 1. The molecular formula is C23H22ClN5OS2. The number of carbonyl (C=O) groups is 1. The van der Waals surface area contributed by atoms with E-state index in [0.29, 0.717) is 39.0 Å². The zero-order valence-electron chi connectivity index (χ0n) is 17.6. The highest BCUT2D eigenvalue weighted by Gasteiger charge is 2.25. The van der Waals surface area contributed by atoms with Gasteiger partial charge in [0.15, 0.2) is 11.0 Å². The molecule has 6 nitrogen and oxygen atoms in total. The van der Waals surface area contributed by atoms with Crippen molar-refractivity contribution in [1.29, 1.82) is 5.26 Å². The summed E-state index contributed by atoms with van der Waals surface area (Å²) in [5, 5.41) is 23.0. The number of nitriles is 1. The van der Waals surface area contributed by atoms with Crippen molar-refractivity contribution in [3.05, 3.63) is 57.9 Å². The van der Waals surface area contributed by atoms with Crippen LogP contribution in [0.2, 0.25) is 5.02 Å². The quantitative estimate of drug-likeness (QED) is 0.350. The van der Waals surface area contributed by atoms with E-state index in [2.05, 4.69) is 35.1 Å². The van der Waals surface area contributed by atoms with Crippen molar-refractivity contribution in [3.63, 3.8) is 0 Å². The molecule has 1 amide bonds. The number of aromatic nitrogens is 3. The molecule has 1 N–H and O–H groups in total. The van der Waals surface area contributed by atoms with Crippen LogP contribution in [0.5, 0.6) is 0 Å². The first-order valence-corrected chi connectivity index (χ1v) is 12.5. The van der Waals surface area contributed by atoms with E-state index in [0.717, 1.165) is 30.4 Å². The number of carbonyl (C=O) groups excluding carboxylic acids is 1. The maximum absolute atomic E-state index is 12.7. The van der Waals surface area contributed by atoms with E-state index in [4.69, 9.17) is 11.6 Å². The standard InChI is InChI=1S/C23H22ClN5OS2/c1-3-10-29-21(16-6-4-5-7-18(16)24)27-28-23(29)31-13-20(30)26-22-17(12-25)15-9-8-14(2)11-19(15)32-22/h3-7,14H,1,8-11,13H2,2H3,(H,26,30). The smallest absolute Gasteiger partial charge is 0.235 e. The largest absolute Gasteiger partial charge is 0.316 e. The number of nitrogens with zero attached hydrogens (tertiary/aromatic N) is 4. The van der Waals surface area contributed by atoms with Crippen LogP contribution < -0.4 is 5.32 Å². The SMILES string of the molecule is C=CCn1c(SCC(=O)Nc2sc3c(c2C#N)CCC(C)C3)nnc1-c1ccccc1Cl. The molecule has 4 rings (SSSR count). The van der Waals surface area contributed by atoms with Gasteiger partial charge in [0, 0.05) is 17.0 Å². The average Bonchev–Trinajstić information content (AvgIpc) is 3.32. The van der Waals surface area contributed by atoms with Gasteiger partial charge in [0.2, 0.25) is 5.91 Å². The van der Waals surface area contributed by atoms with Gasteiger partial charge in [-0.05, 0) is 42.9 Å². The number of halogens is 1. The minimum atomic E-state index is -0.175. The highest BCUT2D eigenvalue weighted by molar-refractivity contribution is 7.99. The van der Waals surface area contributed by atoms with Gasteiger partial charge in [0.25, 0.3) is 0 Å². The molecule has 0 fully saturated rings. The van der Waals surface area contributed by atoms with Crippen LogP contribution in [-0.4, -0.2) is 26.4 Å². The van der Waals surface area contributed by atoms with Crippen LogP contribution in [0.25, 0.3) is 11.4 Å². The van der Waals surface area contributed by atoms with Crippen molar-refractivity contribution in [2.45, 2.75) is 37.9 Å². The van der Waals surface area contributed by atoms with Gasteiger partial charge in [-0.3, -0.25) is 9.36 Å². The molecule has 1 aliphatic carbocycles. The fourth-order valence-electron chi connectivity index (χ4n) is 3.78. The van der Waals surface area contributed by atoms with Crippen molar-refractivity contribution in [1.82, 2.24) is 14.8 Å². The van der Waals surface area contributed by atoms with Gasteiger partial charge in [-0.1, -0.05) is 48.5 Å². The Morgan fingerprint density at radius 3 is 3.03 bits per heavy atom. The minimum Gasteiger partial charge on any atom is -0.316 e. The molecule has 164 valence electrons. The summed E-state index contributed by atoms with van der Waals surface area (Å²) < 4.78 is 1.89. The van der Waals surface area contributed by atoms with E-state index in [9.17, 15) is 10.1 Å². The van der Waals surface area contributed by atoms with Gasteiger partial charge in [0.05, 0.1) is 16.3 Å². The Bertz CT molecular complexity index is 1210. The normalized spacial score (nSPS) is 15.1. The van der Waals surface area contributed by atoms with E-state index in [1.165, 1.54) is 28.0 Å². The van der Waals surface area contributed by atoms with E-state index in [-0.39, 0.29) is 11.7 Å². The first-order chi connectivity index (χ1) is 15.5. The van der Waals surface area contributed by atoms with E-state index in [1.807, 2.05) is 22.8 Å². The topological polar surface area (TPSA) is 83.6 Å². The summed E-state index contributed by atoms with van der Waals surface area (Å²) in [6, 6.07) is 9.73. The number of anilines is 1. The summed E-state index contributed by atoms with van der Waals surface area (Å²) >= 11 is 9.16. The van der Waals surface area contributed by atoms with E-state index >= 15 is 0 Å². The minimum absolute atomic E-state index is 0.154. The third-order valence-corrected chi connectivity index (χ3v) is 7.82.